The van der Waals surface area contributed by atoms with E-state index in [2.05, 4.69) is 15.8 Å². The van der Waals surface area contributed by atoms with Gasteiger partial charge in [0.05, 0.1) is 12.2 Å². The van der Waals surface area contributed by atoms with Gasteiger partial charge in [-0.25, -0.2) is 9.59 Å². The zero-order chi connectivity index (χ0) is 13.1. The van der Waals surface area contributed by atoms with Crippen LogP contribution in [0.3, 0.4) is 0 Å². The number of nitrogens with one attached hydrogen (secondary N) is 2. The van der Waals surface area contributed by atoms with Gasteiger partial charge in [-0.05, 0) is 20.8 Å². The molecule has 0 aliphatic heterocycles. The lowest BCUT2D eigenvalue weighted by molar-refractivity contribution is -0.142. The average Bonchev–Trinajstić information content (AvgIpc) is 2.60. The Balaban J connectivity index is 2.43. The van der Waals surface area contributed by atoms with E-state index in [1.807, 2.05) is 0 Å². The molecule has 2 amide bonds. The first-order valence-corrected chi connectivity index (χ1v) is 5.03. The molecule has 3 N–H and O–H groups in total. The molecule has 1 heterocycles. The maximum absolute atomic E-state index is 11.4. The smallest absolute Gasteiger partial charge is 0.328 e. The molecule has 0 spiro atoms. The summed E-state index contributed by atoms with van der Waals surface area (Å²) in [7, 11) is 0. The molecule has 0 aliphatic carbocycles. The Morgan fingerprint density at radius 2 is 2.18 bits per heavy atom. The van der Waals surface area contributed by atoms with E-state index in [1.54, 1.807) is 13.0 Å². The van der Waals surface area contributed by atoms with Crippen molar-refractivity contribution in [3.63, 3.8) is 0 Å². The number of carboxylic acids is 1. The topological polar surface area (TPSA) is 104 Å². The van der Waals surface area contributed by atoms with Crippen molar-refractivity contribution in [2.24, 2.45) is 0 Å². The number of aryl methyl sites for hydroxylation is 1. The van der Waals surface area contributed by atoms with Crippen molar-refractivity contribution in [2.45, 2.75) is 32.9 Å². The summed E-state index contributed by atoms with van der Waals surface area (Å²) in [5.74, 6) is -0.603. The standard InChI is InChI=1S/C10H15N3O4/c1-6-4-7(17-13-6)5-11-9(16)12-10(2,3)8(14)15/h4H,5H2,1-3H3,(H,14,15)(H2,11,12,16). The number of hydrogen-bond acceptors (Lipinski definition) is 4. The van der Waals surface area contributed by atoms with E-state index in [0.717, 1.165) is 0 Å². The van der Waals surface area contributed by atoms with Crippen LogP contribution in [0.5, 0.6) is 0 Å². The largest absolute Gasteiger partial charge is 0.480 e. The van der Waals surface area contributed by atoms with Crippen LogP contribution in [-0.2, 0) is 11.3 Å². The molecular weight excluding hydrogens is 226 g/mol. The van der Waals surface area contributed by atoms with Gasteiger partial charge in [0.1, 0.15) is 5.54 Å². The van der Waals surface area contributed by atoms with Gasteiger partial charge in [0.25, 0.3) is 0 Å². The lowest BCUT2D eigenvalue weighted by Crippen LogP contribution is -2.52. The van der Waals surface area contributed by atoms with Gasteiger partial charge in [0.2, 0.25) is 0 Å². The Labute approximate surface area is 98.2 Å². The molecule has 0 radical (unpaired) electrons. The van der Waals surface area contributed by atoms with E-state index < -0.39 is 17.5 Å². The molecule has 0 aromatic carbocycles. The molecule has 0 fully saturated rings. The fraction of sp³-hybridized carbons (Fsp3) is 0.500. The van der Waals surface area contributed by atoms with Crippen LogP contribution in [-0.4, -0.2) is 27.8 Å². The van der Waals surface area contributed by atoms with Crippen LogP contribution >= 0.6 is 0 Å². The first-order chi connectivity index (χ1) is 7.81. The Bertz CT molecular complexity index is 425. The number of nitrogens with zero attached hydrogens (tertiary/aromatic N) is 1. The van der Waals surface area contributed by atoms with Crippen molar-refractivity contribution in [2.75, 3.05) is 0 Å². The summed E-state index contributed by atoms with van der Waals surface area (Å²) >= 11 is 0. The summed E-state index contributed by atoms with van der Waals surface area (Å²) in [6.07, 6.45) is 0. The second-order valence-electron chi connectivity index (χ2n) is 4.17. The molecule has 0 bridgehead atoms. The van der Waals surface area contributed by atoms with Crippen LogP contribution in [0.2, 0.25) is 0 Å². The summed E-state index contributed by atoms with van der Waals surface area (Å²) in [4.78, 5) is 22.2. The number of carboxylic acid groups (broad SMARTS) is 1. The molecule has 1 aromatic rings. The third-order valence-corrected chi connectivity index (χ3v) is 2.06. The first-order valence-electron chi connectivity index (χ1n) is 5.03. The van der Waals surface area contributed by atoms with Gasteiger partial charge in [-0.1, -0.05) is 5.16 Å². The van der Waals surface area contributed by atoms with Gasteiger partial charge in [0, 0.05) is 6.07 Å². The van der Waals surface area contributed by atoms with Gasteiger partial charge in [-0.2, -0.15) is 0 Å². The highest BCUT2D eigenvalue weighted by molar-refractivity contribution is 5.85. The predicted octanol–water partition coefficient (Wildman–Crippen LogP) is 0.645. The van der Waals surface area contributed by atoms with Gasteiger partial charge in [0.15, 0.2) is 5.76 Å². The molecule has 17 heavy (non-hydrogen) atoms. The minimum atomic E-state index is -1.32. The maximum Gasteiger partial charge on any atom is 0.328 e. The van der Waals surface area contributed by atoms with Crippen molar-refractivity contribution >= 4 is 12.0 Å². The van der Waals surface area contributed by atoms with Gasteiger partial charge < -0.3 is 20.3 Å². The highest BCUT2D eigenvalue weighted by Crippen LogP contribution is 2.03. The second-order valence-corrected chi connectivity index (χ2v) is 4.17. The molecule has 0 saturated heterocycles. The number of rotatable bonds is 4. The van der Waals surface area contributed by atoms with Gasteiger partial charge in [-0.15, -0.1) is 0 Å². The molecule has 7 heteroatoms. The SMILES string of the molecule is Cc1cc(CNC(=O)NC(C)(C)C(=O)O)on1. The number of amides is 2. The zero-order valence-electron chi connectivity index (χ0n) is 9.90. The fourth-order valence-electron chi connectivity index (χ4n) is 1.05. The highest BCUT2D eigenvalue weighted by atomic mass is 16.5. The van der Waals surface area contributed by atoms with E-state index in [4.69, 9.17) is 9.63 Å². The zero-order valence-corrected chi connectivity index (χ0v) is 9.90. The van der Waals surface area contributed by atoms with Crippen molar-refractivity contribution < 1.29 is 19.2 Å². The summed E-state index contributed by atoms with van der Waals surface area (Å²) in [6, 6.07) is 1.11. The molecule has 1 aromatic heterocycles. The fourth-order valence-corrected chi connectivity index (χ4v) is 1.05. The van der Waals surface area contributed by atoms with E-state index in [-0.39, 0.29) is 6.54 Å². The normalized spacial score (nSPS) is 11.0. The van der Waals surface area contributed by atoms with E-state index in [9.17, 15) is 9.59 Å². The predicted molar refractivity (Wildman–Crippen MR) is 58.3 cm³/mol. The maximum atomic E-state index is 11.4. The summed E-state index contributed by atoms with van der Waals surface area (Å²) in [5.41, 5.74) is -0.602. The number of urea groups is 1. The molecular formula is C10H15N3O4. The highest BCUT2D eigenvalue weighted by Gasteiger charge is 2.28. The molecule has 7 nitrogen and oxygen atoms in total. The summed E-state index contributed by atoms with van der Waals surface area (Å²) in [5, 5.41) is 17.3. The third-order valence-electron chi connectivity index (χ3n) is 2.06. The molecule has 0 atom stereocenters. The molecule has 0 saturated carbocycles. The number of hydrogen-bond donors (Lipinski definition) is 3. The summed E-state index contributed by atoms with van der Waals surface area (Å²) < 4.78 is 4.88. The quantitative estimate of drug-likeness (QED) is 0.717. The minimum Gasteiger partial charge on any atom is -0.480 e. The number of carbonyl (C=O) groups excluding carboxylic acids is 1. The Morgan fingerprint density at radius 1 is 1.53 bits per heavy atom. The Kier molecular flexibility index (Phi) is 3.72. The van der Waals surface area contributed by atoms with Crippen molar-refractivity contribution in [1.29, 1.82) is 0 Å². The van der Waals surface area contributed by atoms with E-state index >= 15 is 0 Å². The lowest BCUT2D eigenvalue weighted by Gasteiger charge is -2.20. The first kappa shape index (κ1) is 13.0. The third kappa shape index (κ3) is 3.78. The monoisotopic (exact) mass is 241 g/mol. The van der Waals surface area contributed by atoms with Crippen molar-refractivity contribution in [3.05, 3.63) is 17.5 Å². The molecule has 1 rings (SSSR count). The van der Waals surface area contributed by atoms with Gasteiger partial charge >= 0.3 is 12.0 Å². The molecule has 0 aliphatic rings. The van der Waals surface area contributed by atoms with Crippen LogP contribution in [0.15, 0.2) is 10.6 Å². The summed E-state index contributed by atoms with van der Waals surface area (Å²) in [6.45, 7) is 4.71. The van der Waals surface area contributed by atoms with Crippen LogP contribution in [0.1, 0.15) is 25.3 Å². The van der Waals surface area contributed by atoms with Crippen LogP contribution in [0.4, 0.5) is 4.79 Å². The Hall–Kier alpha value is -2.05. The van der Waals surface area contributed by atoms with E-state index in [1.165, 1.54) is 13.8 Å². The lowest BCUT2D eigenvalue weighted by atomic mass is 10.1. The van der Waals surface area contributed by atoms with Crippen LogP contribution in [0, 0.1) is 6.92 Å². The van der Waals surface area contributed by atoms with Gasteiger partial charge in [-0.3, -0.25) is 0 Å². The number of aromatic nitrogens is 1. The van der Waals surface area contributed by atoms with Crippen molar-refractivity contribution in [1.82, 2.24) is 15.8 Å². The van der Waals surface area contributed by atoms with Crippen LogP contribution < -0.4 is 10.6 Å². The minimum absolute atomic E-state index is 0.155. The number of carbonyl (C=O) groups is 2. The second kappa shape index (κ2) is 4.86. The number of aliphatic carboxylic acids is 1. The van der Waals surface area contributed by atoms with Crippen molar-refractivity contribution in [3.8, 4) is 0 Å². The Morgan fingerprint density at radius 3 is 2.65 bits per heavy atom. The average molecular weight is 241 g/mol. The van der Waals surface area contributed by atoms with E-state index in [0.29, 0.717) is 11.5 Å². The molecule has 94 valence electrons. The molecule has 0 unspecified atom stereocenters. The van der Waals surface area contributed by atoms with Crippen LogP contribution in [0.25, 0.3) is 0 Å².